The van der Waals surface area contributed by atoms with E-state index in [1.807, 2.05) is 12.1 Å². The molecule has 1 heterocycles. The van der Waals surface area contributed by atoms with Gasteiger partial charge in [0.15, 0.2) is 0 Å². The summed E-state index contributed by atoms with van der Waals surface area (Å²) in [5.74, 6) is -1.75. The molecule has 0 atom stereocenters. The molecule has 9 heteroatoms. The Balaban J connectivity index is 1.63. The third kappa shape index (κ3) is 4.00. The topological polar surface area (TPSA) is 113 Å². The second-order valence-corrected chi connectivity index (χ2v) is 6.74. The molecule has 30 heavy (non-hydrogen) atoms. The Labute approximate surface area is 173 Å². The highest BCUT2D eigenvalue weighted by Crippen LogP contribution is 2.30. The number of nitrogens with zero attached hydrogens (tertiary/aromatic N) is 3. The summed E-state index contributed by atoms with van der Waals surface area (Å²) in [5, 5.41) is 13.9. The molecule has 0 radical (unpaired) electrons. The number of imide groups is 1. The molecule has 0 saturated heterocycles. The molecule has 0 spiro atoms. The molecule has 3 amide bonds. The summed E-state index contributed by atoms with van der Waals surface area (Å²) in [7, 11) is 0. The van der Waals surface area contributed by atoms with Crippen LogP contribution in [0, 0.1) is 10.1 Å². The van der Waals surface area contributed by atoms with Gasteiger partial charge in [0, 0.05) is 43.5 Å². The fourth-order valence-electron chi connectivity index (χ4n) is 3.45. The minimum atomic E-state index is -0.751. The predicted molar refractivity (Wildman–Crippen MR) is 112 cm³/mol. The van der Waals surface area contributed by atoms with Crippen LogP contribution in [0.1, 0.15) is 41.0 Å². The molecule has 1 N–H and O–H groups in total. The summed E-state index contributed by atoms with van der Waals surface area (Å²) in [6.45, 7) is 5.72. The average molecular weight is 410 g/mol. The van der Waals surface area contributed by atoms with E-state index in [4.69, 9.17) is 0 Å². The number of carbonyl (C=O) groups is 3. The monoisotopic (exact) mass is 410 g/mol. The number of hydrogen-bond donors (Lipinski definition) is 1. The van der Waals surface area contributed by atoms with Crippen LogP contribution >= 0.6 is 0 Å². The quantitative estimate of drug-likeness (QED) is 0.407. The van der Waals surface area contributed by atoms with Crippen molar-refractivity contribution in [3.8, 4) is 0 Å². The molecule has 9 nitrogen and oxygen atoms in total. The van der Waals surface area contributed by atoms with Gasteiger partial charge in [0.25, 0.3) is 17.5 Å². The molecule has 0 unspecified atom stereocenters. The van der Waals surface area contributed by atoms with Crippen LogP contribution in [0.3, 0.4) is 0 Å². The Hall–Kier alpha value is -3.75. The minimum absolute atomic E-state index is 0.0124. The summed E-state index contributed by atoms with van der Waals surface area (Å²) in [5.41, 5.74) is 1.01. The van der Waals surface area contributed by atoms with Crippen molar-refractivity contribution in [2.75, 3.05) is 29.9 Å². The smallest absolute Gasteiger partial charge is 0.282 e. The lowest BCUT2D eigenvalue weighted by atomic mass is 10.1. The second-order valence-electron chi connectivity index (χ2n) is 6.74. The van der Waals surface area contributed by atoms with Crippen molar-refractivity contribution in [2.24, 2.45) is 0 Å². The average Bonchev–Trinajstić information content (AvgIpc) is 2.98. The normalized spacial score (nSPS) is 12.7. The lowest BCUT2D eigenvalue weighted by Crippen LogP contribution is -2.33. The van der Waals surface area contributed by atoms with Crippen molar-refractivity contribution in [1.29, 1.82) is 0 Å². The molecule has 0 saturated carbocycles. The van der Waals surface area contributed by atoms with Crippen LogP contribution in [0.5, 0.6) is 0 Å². The van der Waals surface area contributed by atoms with Crippen LogP contribution in [0.4, 0.5) is 17.1 Å². The van der Waals surface area contributed by atoms with Gasteiger partial charge in [-0.1, -0.05) is 6.07 Å². The van der Waals surface area contributed by atoms with Crippen LogP contribution in [-0.4, -0.2) is 47.2 Å². The first-order valence-corrected chi connectivity index (χ1v) is 9.65. The first kappa shape index (κ1) is 21.0. The molecule has 0 aromatic heterocycles. The Bertz CT molecular complexity index is 999. The summed E-state index contributed by atoms with van der Waals surface area (Å²) in [6.07, 6.45) is -0.114. The second kappa shape index (κ2) is 8.73. The van der Waals surface area contributed by atoms with Gasteiger partial charge in [0.1, 0.15) is 5.56 Å². The van der Waals surface area contributed by atoms with E-state index >= 15 is 0 Å². The number of rotatable bonds is 8. The van der Waals surface area contributed by atoms with Gasteiger partial charge in [0.2, 0.25) is 5.91 Å². The zero-order chi connectivity index (χ0) is 21.8. The first-order chi connectivity index (χ1) is 14.4. The zero-order valence-electron chi connectivity index (χ0n) is 16.8. The van der Waals surface area contributed by atoms with Crippen LogP contribution in [-0.2, 0) is 4.79 Å². The molecular weight excluding hydrogens is 388 g/mol. The largest absolute Gasteiger partial charge is 0.372 e. The van der Waals surface area contributed by atoms with Gasteiger partial charge >= 0.3 is 0 Å². The Morgan fingerprint density at radius 2 is 1.73 bits per heavy atom. The Morgan fingerprint density at radius 1 is 1.07 bits per heavy atom. The van der Waals surface area contributed by atoms with Crippen molar-refractivity contribution >= 4 is 34.8 Å². The molecule has 156 valence electrons. The number of nitro benzene ring substituents is 1. The number of benzene rings is 2. The lowest BCUT2D eigenvalue weighted by Gasteiger charge is -2.21. The number of fused-ring (bicyclic) bond motifs is 1. The molecule has 0 fully saturated rings. The molecule has 1 aliphatic heterocycles. The maximum atomic E-state index is 12.5. The van der Waals surface area contributed by atoms with Crippen LogP contribution < -0.4 is 10.2 Å². The van der Waals surface area contributed by atoms with Crippen molar-refractivity contribution in [1.82, 2.24) is 4.90 Å². The molecule has 2 aromatic rings. The van der Waals surface area contributed by atoms with Crippen LogP contribution in [0.15, 0.2) is 42.5 Å². The fraction of sp³-hybridized carbons (Fsp3) is 0.286. The summed E-state index contributed by atoms with van der Waals surface area (Å²) in [4.78, 5) is 50.8. The highest BCUT2D eigenvalue weighted by molar-refractivity contribution is 6.23. The van der Waals surface area contributed by atoms with Crippen molar-refractivity contribution in [2.45, 2.75) is 20.3 Å². The van der Waals surface area contributed by atoms with E-state index in [1.54, 1.807) is 12.1 Å². The molecular formula is C21H22N4O5. The van der Waals surface area contributed by atoms with E-state index < -0.39 is 22.4 Å². The fourth-order valence-corrected chi connectivity index (χ4v) is 3.45. The highest BCUT2D eigenvalue weighted by atomic mass is 16.6. The molecule has 2 aromatic carbocycles. The highest BCUT2D eigenvalue weighted by Gasteiger charge is 2.40. The zero-order valence-corrected chi connectivity index (χ0v) is 16.8. The van der Waals surface area contributed by atoms with Gasteiger partial charge in [-0.3, -0.25) is 29.4 Å². The van der Waals surface area contributed by atoms with Gasteiger partial charge in [0.05, 0.1) is 10.5 Å². The van der Waals surface area contributed by atoms with Crippen molar-refractivity contribution in [3.05, 3.63) is 63.7 Å². The van der Waals surface area contributed by atoms with E-state index in [1.165, 1.54) is 18.2 Å². The van der Waals surface area contributed by atoms with Gasteiger partial charge in [-0.05, 0) is 44.2 Å². The lowest BCUT2D eigenvalue weighted by molar-refractivity contribution is -0.385. The number of nitro groups is 1. The van der Waals surface area contributed by atoms with Crippen molar-refractivity contribution < 1.29 is 19.3 Å². The maximum Gasteiger partial charge on any atom is 0.282 e. The van der Waals surface area contributed by atoms with Gasteiger partial charge < -0.3 is 10.2 Å². The molecule has 1 aliphatic rings. The first-order valence-electron chi connectivity index (χ1n) is 9.65. The van der Waals surface area contributed by atoms with Crippen LogP contribution in [0.25, 0.3) is 0 Å². The number of hydrogen-bond acceptors (Lipinski definition) is 6. The standard InChI is InChI=1S/C21H22N4O5/c1-3-23(4-2)15-10-8-14(9-11-15)22-18(26)12-13-24-20(27)16-6-5-7-17(25(29)30)19(16)21(24)28/h5-11H,3-4,12-13H2,1-2H3,(H,22,26). The number of nitrogens with one attached hydrogen (secondary N) is 1. The van der Waals surface area contributed by atoms with Gasteiger partial charge in [-0.2, -0.15) is 0 Å². The van der Waals surface area contributed by atoms with Crippen LogP contribution in [0.2, 0.25) is 0 Å². The summed E-state index contributed by atoms with van der Waals surface area (Å²) < 4.78 is 0. The minimum Gasteiger partial charge on any atom is -0.372 e. The van der Waals surface area contributed by atoms with E-state index in [-0.39, 0.29) is 30.0 Å². The summed E-state index contributed by atoms with van der Waals surface area (Å²) in [6, 6.07) is 11.3. The van der Waals surface area contributed by atoms with E-state index in [2.05, 4.69) is 24.1 Å². The molecule has 0 aliphatic carbocycles. The number of anilines is 2. The van der Waals surface area contributed by atoms with Gasteiger partial charge in [-0.15, -0.1) is 0 Å². The summed E-state index contributed by atoms with van der Waals surface area (Å²) >= 11 is 0. The Morgan fingerprint density at radius 3 is 2.33 bits per heavy atom. The Kier molecular flexibility index (Phi) is 6.10. The third-order valence-electron chi connectivity index (χ3n) is 5.02. The third-order valence-corrected chi connectivity index (χ3v) is 5.02. The van der Waals surface area contributed by atoms with Gasteiger partial charge in [-0.25, -0.2) is 0 Å². The molecule has 0 bridgehead atoms. The van der Waals surface area contributed by atoms with E-state index in [0.717, 1.165) is 23.7 Å². The predicted octanol–water partition coefficient (Wildman–Crippen LogP) is 3.07. The number of amides is 3. The van der Waals surface area contributed by atoms with E-state index in [9.17, 15) is 24.5 Å². The maximum absolute atomic E-state index is 12.5. The van der Waals surface area contributed by atoms with E-state index in [0.29, 0.717) is 5.69 Å². The van der Waals surface area contributed by atoms with Crippen molar-refractivity contribution in [3.63, 3.8) is 0 Å². The number of carbonyl (C=O) groups excluding carboxylic acids is 3. The SMILES string of the molecule is CCN(CC)c1ccc(NC(=O)CCN2C(=O)c3cccc([N+](=O)[O-])c3C2=O)cc1. The molecule has 3 rings (SSSR count).